The standard InChI is InChI=1S/C15H20N4O2/c1-21-15(20)13-14-11(16)6-4-8-19(14)12(18-13)9-10-5-2-3-7-17-10/h4,6,8,10,17H,2-3,5,7,9,16H2,1H3. The van der Waals surface area contributed by atoms with Crippen molar-refractivity contribution in [3.05, 3.63) is 29.8 Å². The van der Waals surface area contributed by atoms with Crippen LogP contribution in [0.2, 0.25) is 0 Å². The summed E-state index contributed by atoms with van der Waals surface area (Å²) in [7, 11) is 1.36. The quantitative estimate of drug-likeness (QED) is 0.834. The van der Waals surface area contributed by atoms with Crippen molar-refractivity contribution >= 4 is 17.2 Å². The Balaban J connectivity index is 2.02. The van der Waals surface area contributed by atoms with Gasteiger partial charge in [-0.3, -0.25) is 0 Å². The number of rotatable bonds is 3. The normalized spacial score (nSPS) is 18.8. The number of nitrogens with two attached hydrogens (primary N) is 1. The summed E-state index contributed by atoms with van der Waals surface area (Å²) in [5.74, 6) is 0.394. The number of methoxy groups -OCH3 is 1. The molecule has 1 saturated heterocycles. The van der Waals surface area contributed by atoms with E-state index in [1.165, 1.54) is 20.0 Å². The van der Waals surface area contributed by atoms with Crippen LogP contribution in [0.1, 0.15) is 35.6 Å². The number of piperidine rings is 1. The first-order valence-electron chi connectivity index (χ1n) is 7.28. The van der Waals surface area contributed by atoms with Crippen molar-refractivity contribution in [3.63, 3.8) is 0 Å². The van der Waals surface area contributed by atoms with Crippen LogP contribution in [-0.4, -0.2) is 35.1 Å². The van der Waals surface area contributed by atoms with Crippen molar-refractivity contribution in [3.8, 4) is 0 Å². The zero-order valence-corrected chi connectivity index (χ0v) is 12.1. The largest absolute Gasteiger partial charge is 0.464 e. The molecule has 21 heavy (non-hydrogen) atoms. The molecular weight excluding hydrogens is 268 g/mol. The number of aromatic nitrogens is 2. The van der Waals surface area contributed by atoms with E-state index in [-0.39, 0.29) is 0 Å². The van der Waals surface area contributed by atoms with Gasteiger partial charge in [0.25, 0.3) is 0 Å². The molecule has 1 aliphatic heterocycles. The minimum Gasteiger partial charge on any atom is -0.464 e. The number of imidazole rings is 1. The van der Waals surface area contributed by atoms with Gasteiger partial charge in [0.1, 0.15) is 11.3 Å². The fourth-order valence-electron chi connectivity index (χ4n) is 2.93. The maximum Gasteiger partial charge on any atom is 0.359 e. The number of pyridine rings is 1. The third-order valence-corrected chi connectivity index (χ3v) is 3.99. The molecule has 0 amide bonds. The molecule has 0 aromatic carbocycles. The van der Waals surface area contributed by atoms with Crippen molar-refractivity contribution in [1.82, 2.24) is 14.7 Å². The van der Waals surface area contributed by atoms with Crippen LogP contribution in [0.4, 0.5) is 5.69 Å². The highest BCUT2D eigenvalue weighted by molar-refractivity contribution is 5.98. The number of anilines is 1. The Morgan fingerprint density at radius 1 is 1.57 bits per heavy atom. The summed E-state index contributed by atoms with van der Waals surface area (Å²) in [6.45, 7) is 1.04. The van der Waals surface area contributed by atoms with Crippen LogP contribution in [-0.2, 0) is 11.2 Å². The Kier molecular flexibility index (Phi) is 3.79. The maximum absolute atomic E-state index is 11.9. The summed E-state index contributed by atoms with van der Waals surface area (Å²) in [5, 5.41) is 3.50. The van der Waals surface area contributed by atoms with E-state index in [0.29, 0.717) is 22.9 Å². The van der Waals surface area contributed by atoms with Gasteiger partial charge in [-0.05, 0) is 31.5 Å². The number of hydrogen-bond donors (Lipinski definition) is 2. The van der Waals surface area contributed by atoms with E-state index in [0.717, 1.165) is 25.2 Å². The van der Waals surface area contributed by atoms with E-state index < -0.39 is 5.97 Å². The van der Waals surface area contributed by atoms with Crippen LogP contribution in [0, 0.1) is 0 Å². The van der Waals surface area contributed by atoms with E-state index in [1.54, 1.807) is 6.07 Å². The van der Waals surface area contributed by atoms with Gasteiger partial charge in [0, 0.05) is 18.7 Å². The van der Waals surface area contributed by atoms with Crippen LogP contribution in [0.5, 0.6) is 0 Å². The van der Waals surface area contributed by atoms with Gasteiger partial charge in [0.15, 0.2) is 5.69 Å². The second-order valence-corrected chi connectivity index (χ2v) is 5.40. The molecule has 3 rings (SSSR count). The third-order valence-electron chi connectivity index (χ3n) is 3.99. The van der Waals surface area contributed by atoms with Gasteiger partial charge in [-0.25, -0.2) is 9.78 Å². The van der Waals surface area contributed by atoms with Gasteiger partial charge in [0.05, 0.1) is 12.8 Å². The molecule has 6 heteroatoms. The molecule has 1 aliphatic rings. The molecule has 1 fully saturated rings. The molecule has 1 unspecified atom stereocenters. The zero-order chi connectivity index (χ0) is 14.8. The first-order chi connectivity index (χ1) is 10.2. The molecule has 0 aliphatic carbocycles. The van der Waals surface area contributed by atoms with Gasteiger partial charge < -0.3 is 20.2 Å². The summed E-state index contributed by atoms with van der Waals surface area (Å²) < 4.78 is 6.72. The fourth-order valence-corrected chi connectivity index (χ4v) is 2.93. The smallest absolute Gasteiger partial charge is 0.359 e. The maximum atomic E-state index is 11.9. The van der Waals surface area contributed by atoms with Crippen LogP contribution in [0.15, 0.2) is 18.3 Å². The van der Waals surface area contributed by atoms with Gasteiger partial charge in [-0.1, -0.05) is 6.42 Å². The zero-order valence-electron chi connectivity index (χ0n) is 12.1. The van der Waals surface area contributed by atoms with Crippen molar-refractivity contribution in [2.75, 3.05) is 19.4 Å². The Morgan fingerprint density at radius 2 is 2.43 bits per heavy atom. The Hall–Kier alpha value is -2.08. The van der Waals surface area contributed by atoms with E-state index in [9.17, 15) is 4.79 Å². The molecule has 2 aromatic heterocycles. The lowest BCUT2D eigenvalue weighted by Crippen LogP contribution is -2.36. The lowest BCUT2D eigenvalue weighted by atomic mass is 10.0. The van der Waals surface area contributed by atoms with Gasteiger partial charge >= 0.3 is 5.97 Å². The van der Waals surface area contributed by atoms with Gasteiger partial charge in [-0.2, -0.15) is 0 Å². The van der Waals surface area contributed by atoms with Crippen LogP contribution in [0.3, 0.4) is 0 Å². The molecule has 0 spiro atoms. The topological polar surface area (TPSA) is 81.6 Å². The monoisotopic (exact) mass is 288 g/mol. The minimum atomic E-state index is -0.451. The summed E-state index contributed by atoms with van der Waals surface area (Å²) in [6.07, 6.45) is 6.25. The van der Waals surface area contributed by atoms with Gasteiger partial charge in [0.2, 0.25) is 0 Å². The number of carbonyl (C=O) groups is 1. The van der Waals surface area contributed by atoms with Crippen LogP contribution in [0.25, 0.3) is 5.52 Å². The highest BCUT2D eigenvalue weighted by Crippen LogP contribution is 2.22. The second-order valence-electron chi connectivity index (χ2n) is 5.40. The average molecular weight is 288 g/mol. The molecule has 3 heterocycles. The lowest BCUT2D eigenvalue weighted by molar-refractivity contribution is 0.0597. The molecule has 0 bridgehead atoms. The summed E-state index contributed by atoms with van der Waals surface area (Å²) >= 11 is 0. The van der Waals surface area contributed by atoms with E-state index >= 15 is 0 Å². The molecule has 112 valence electrons. The molecule has 6 nitrogen and oxygen atoms in total. The van der Waals surface area contributed by atoms with Crippen molar-refractivity contribution in [2.24, 2.45) is 0 Å². The molecule has 0 saturated carbocycles. The summed E-state index contributed by atoms with van der Waals surface area (Å²) in [6, 6.07) is 4.03. The fraction of sp³-hybridized carbons (Fsp3) is 0.467. The van der Waals surface area contributed by atoms with Gasteiger partial charge in [-0.15, -0.1) is 0 Å². The molecule has 2 aromatic rings. The Bertz CT molecular complexity index is 659. The SMILES string of the molecule is COC(=O)c1nc(CC2CCCCN2)n2cccc(N)c12. The summed E-state index contributed by atoms with van der Waals surface area (Å²) in [5.41, 5.74) is 7.47. The minimum absolute atomic E-state index is 0.293. The highest BCUT2D eigenvalue weighted by Gasteiger charge is 2.22. The van der Waals surface area contributed by atoms with Crippen molar-refractivity contribution in [1.29, 1.82) is 0 Å². The molecular formula is C15H20N4O2. The second kappa shape index (κ2) is 5.73. The van der Waals surface area contributed by atoms with E-state index in [1.807, 2.05) is 16.7 Å². The lowest BCUT2D eigenvalue weighted by Gasteiger charge is -2.22. The van der Waals surface area contributed by atoms with Crippen LogP contribution < -0.4 is 11.1 Å². The number of fused-ring (bicyclic) bond motifs is 1. The number of carbonyl (C=O) groups excluding carboxylic acids is 1. The summed E-state index contributed by atoms with van der Waals surface area (Å²) in [4.78, 5) is 16.4. The predicted octanol–water partition coefficient (Wildman–Crippen LogP) is 1.39. The first kappa shape index (κ1) is 13.9. The average Bonchev–Trinajstić information content (AvgIpc) is 2.88. The molecule has 3 N–H and O–H groups in total. The number of hydrogen-bond acceptors (Lipinski definition) is 5. The molecule has 1 atom stereocenters. The van der Waals surface area contributed by atoms with Crippen molar-refractivity contribution in [2.45, 2.75) is 31.7 Å². The Morgan fingerprint density at radius 3 is 3.14 bits per heavy atom. The number of nitrogens with zero attached hydrogens (tertiary/aromatic N) is 2. The van der Waals surface area contributed by atoms with E-state index in [2.05, 4.69) is 10.3 Å². The molecule has 0 radical (unpaired) electrons. The number of esters is 1. The Labute approximate surface area is 123 Å². The number of nitrogens with one attached hydrogen (secondary N) is 1. The number of ether oxygens (including phenoxy) is 1. The third kappa shape index (κ3) is 2.58. The number of nitrogen functional groups attached to an aromatic ring is 1. The highest BCUT2D eigenvalue weighted by atomic mass is 16.5. The van der Waals surface area contributed by atoms with E-state index in [4.69, 9.17) is 10.5 Å². The first-order valence-corrected chi connectivity index (χ1v) is 7.28. The van der Waals surface area contributed by atoms with Crippen molar-refractivity contribution < 1.29 is 9.53 Å². The van der Waals surface area contributed by atoms with Crippen LogP contribution >= 0.6 is 0 Å². The predicted molar refractivity (Wildman–Crippen MR) is 80.3 cm³/mol.